The van der Waals surface area contributed by atoms with Gasteiger partial charge in [-0.15, -0.1) is 0 Å². The van der Waals surface area contributed by atoms with Gasteiger partial charge in [-0.1, -0.05) is 45.4 Å². The molecule has 0 saturated carbocycles. The van der Waals surface area contributed by atoms with Gasteiger partial charge in [0.05, 0.1) is 5.56 Å². The maximum absolute atomic E-state index is 12.7. The van der Waals surface area contributed by atoms with Crippen LogP contribution in [0.5, 0.6) is 0 Å². The van der Waals surface area contributed by atoms with E-state index in [0.29, 0.717) is 0 Å². The monoisotopic (exact) mass is 394 g/mol. The average molecular weight is 395 g/mol. The van der Waals surface area contributed by atoms with Crippen LogP contribution in [0.3, 0.4) is 0 Å². The molecule has 0 N–H and O–H groups in total. The van der Waals surface area contributed by atoms with Crippen molar-refractivity contribution < 1.29 is 17.7 Å². The van der Waals surface area contributed by atoms with E-state index in [4.69, 9.17) is 4.52 Å². The Labute approximate surface area is 143 Å². The fourth-order valence-electron chi connectivity index (χ4n) is 2.00. The smallest absolute Gasteiger partial charge is 0.334 e. The highest BCUT2D eigenvalue weighted by molar-refractivity contribution is 9.10. The summed E-state index contributed by atoms with van der Waals surface area (Å²) >= 11 is 3.35. The van der Waals surface area contributed by atoms with Gasteiger partial charge in [0.1, 0.15) is 0 Å². The van der Waals surface area contributed by atoms with E-state index in [-0.39, 0.29) is 17.3 Å². The molecule has 0 fully saturated rings. The van der Waals surface area contributed by atoms with Gasteiger partial charge in [-0.3, -0.25) is 0 Å². The molecule has 3 nitrogen and oxygen atoms in total. The molecule has 0 bridgehead atoms. The summed E-state index contributed by atoms with van der Waals surface area (Å²) in [7, 11) is 0. The number of hydrogen-bond acceptors (Lipinski definition) is 3. The zero-order valence-corrected chi connectivity index (χ0v) is 13.7. The van der Waals surface area contributed by atoms with Crippen molar-refractivity contribution in [3.8, 4) is 11.4 Å². The first-order chi connectivity index (χ1) is 11.4. The van der Waals surface area contributed by atoms with Crippen LogP contribution < -0.4 is 0 Å². The van der Waals surface area contributed by atoms with Gasteiger partial charge in [0.2, 0.25) is 5.82 Å². The maximum atomic E-state index is 12.7. The van der Waals surface area contributed by atoms with E-state index in [1.165, 1.54) is 12.1 Å². The Kier molecular flexibility index (Phi) is 4.53. The first-order valence-corrected chi connectivity index (χ1v) is 7.66. The number of benzene rings is 2. The van der Waals surface area contributed by atoms with Crippen LogP contribution in [-0.2, 0) is 6.18 Å². The highest BCUT2D eigenvalue weighted by atomic mass is 79.9. The lowest BCUT2D eigenvalue weighted by atomic mass is 10.1. The van der Waals surface area contributed by atoms with E-state index >= 15 is 0 Å². The third-order valence-corrected chi connectivity index (χ3v) is 3.71. The summed E-state index contributed by atoms with van der Waals surface area (Å²) in [5.74, 6) is 0.321. The topological polar surface area (TPSA) is 38.9 Å². The molecule has 0 amide bonds. The van der Waals surface area contributed by atoms with Crippen LogP contribution in [0.4, 0.5) is 13.2 Å². The predicted octanol–water partition coefficient (Wildman–Crippen LogP) is 5.69. The predicted molar refractivity (Wildman–Crippen MR) is 87.8 cm³/mol. The van der Waals surface area contributed by atoms with Gasteiger partial charge in [-0.05, 0) is 35.9 Å². The summed E-state index contributed by atoms with van der Waals surface area (Å²) in [4.78, 5) is 4.10. The summed E-state index contributed by atoms with van der Waals surface area (Å²) in [5, 5.41) is 3.72. The minimum absolute atomic E-state index is 0.108. The van der Waals surface area contributed by atoms with E-state index < -0.39 is 11.7 Å². The maximum Gasteiger partial charge on any atom is 0.416 e. The van der Waals surface area contributed by atoms with Crippen LogP contribution in [-0.4, -0.2) is 10.1 Å². The zero-order chi connectivity index (χ0) is 17.2. The van der Waals surface area contributed by atoms with E-state index in [0.717, 1.165) is 22.2 Å². The molecule has 1 aromatic heterocycles. The number of alkyl halides is 3. The Balaban J connectivity index is 1.82. The van der Waals surface area contributed by atoms with Crippen LogP contribution in [0.1, 0.15) is 17.0 Å². The largest absolute Gasteiger partial charge is 0.416 e. The van der Waals surface area contributed by atoms with E-state index in [2.05, 4.69) is 26.1 Å². The molecule has 0 aliphatic heterocycles. The number of halogens is 4. The highest BCUT2D eigenvalue weighted by Gasteiger charge is 2.30. The normalized spacial score (nSPS) is 12.0. The lowest BCUT2D eigenvalue weighted by Crippen LogP contribution is -2.04. The van der Waals surface area contributed by atoms with Crippen LogP contribution in [0, 0.1) is 0 Å². The van der Waals surface area contributed by atoms with Crippen molar-refractivity contribution in [2.24, 2.45) is 0 Å². The first kappa shape index (κ1) is 16.4. The molecule has 122 valence electrons. The minimum atomic E-state index is -4.41. The van der Waals surface area contributed by atoms with Gasteiger partial charge in [0.15, 0.2) is 0 Å². The third kappa shape index (κ3) is 3.91. The standard InChI is InChI=1S/C17H10BrF3N2O/c18-14-7-4-11(5-8-14)6-9-15-22-16(23-24-15)12-2-1-3-13(10-12)17(19,20)21/h1-10H/b9-6+. The molecule has 0 saturated heterocycles. The second kappa shape index (κ2) is 6.60. The molecule has 1 heterocycles. The van der Waals surface area contributed by atoms with Crippen molar-refractivity contribution in [1.29, 1.82) is 0 Å². The molecule has 24 heavy (non-hydrogen) atoms. The lowest BCUT2D eigenvalue weighted by molar-refractivity contribution is -0.137. The van der Waals surface area contributed by atoms with E-state index in [1.807, 2.05) is 24.3 Å². The fourth-order valence-corrected chi connectivity index (χ4v) is 2.26. The van der Waals surface area contributed by atoms with Crippen molar-refractivity contribution >= 4 is 28.1 Å². The number of hydrogen-bond donors (Lipinski definition) is 0. The SMILES string of the molecule is FC(F)(F)c1cccc(-c2noc(/C=C/c3ccc(Br)cc3)n2)c1. The van der Waals surface area contributed by atoms with Crippen LogP contribution in [0.15, 0.2) is 57.5 Å². The quantitative estimate of drug-likeness (QED) is 0.572. The Bertz CT molecular complexity index is 870. The summed E-state index contributed by atoms with van der Waals surface area (Å²) in [5.41, 5.74) is 0.422. The molecule has 0 spiro atoms. The molecular formula is C17H10BrF3N2O. The van der Waals surface area contributed by atoms with Crippen molar-refractivity contribution in [2.45, 2.75) is 6.18 Å². The van der Waals surface area contributed by atoms with Crippen molar-refractivity contribution in [3.63, 3.8) is 0 Å². The molecule has 0 aliphatic rings. The Morgan fingerprint density at radius 3 is 2.46 bits per heavy atom. The average Bonchev–Trinajstić information content (AvgIpc) is 3.03. The van der Waals surface area contributed by atoms with E-state index in [9.17, 15) is 13.2 Å². The van der Waals surface area contributed by atoms with Gasteiger partial charge in [0, 0.05) is 16.1 Å². The van der Waals surface area contributed by atoms with Gasteiger partial charge in [-0.2, -0.15) is 18.2 Å². The van der Waals surface area contributed by atoms with Gasteiger partial charge in [0.25, 0.3) is 5.89 Å². The van der Waals surface area contributed by atoms with Crippen LogP contribution >= 0.6 is 15.9 Å². The summed E-state index contributed by atoms with van der Waals surface area (Å²) in [6, 6.07) is 12.4. The molecule has 0 aliphatic carbocycles. The summed E-state index contributed by atoms with van der Waals surface area (Å²) in [6.45, 7) is 0. The molecule has 3 aromatic rings. The van der Waals surface area contributed by atoms with Gasteiger partial charge < -0.3 is 4.52 Å². The third-order valence-electron chi connectivity index (χ3n) is 3.18. The summed E-state index contributed by atoms with van der Waals surface area (Å²) in [6.07, 6.45) is -1.03. The molecule has 3 rings (SSSR count). The lowest BCUT2D eigenvalue weighted by Gasteiger charge is -2.06. The second-order valence-corrected chi connectivity index (χ2v) is 5.84. The molecule has 0 atom stereocenters. The fraction of sp³-hybridized carbons (Fsp3) is 0.0588. The molecule has 2 aromatic carbocycles. The molecule has 0 unspecified atom stereocenters. The second-order valence-electron chi connectivity index (χ2n) is 4.92. The molecule has 7 heteroatoms. The Hall–Kier alpha value is -2.41. The number of rotatable bonds is 3. The Morgan fingerprint density at radius 1 is 1.00 bits per heavy atom. The van der Waals surface area contributed by atoms with Crippen LogP contribution in [0.2, 0.25) is 0 Å². The van der Waals surface area contributed by atoms with Crippen molar-refractivity contribution in [1.82, 2.24) is 10.1 Å². The molecular weight excluding hydrogens is 385 g/mol. The van der Waals surface area contributed by atoms with E-state index in [1.54, 1.807) is 12.2 Å². The highest BCUT2D eigenvalue weighted by Crippen LogP contribution is 2.31. The van der Waals surface area contributed by atoms with Crippen molar-refractivity contribution in [2.75, 3.05) is 0 Å². The van der Waals surface area contributed by atoms with Gasteiger partial charge in [-0.25, -0.2) is 0 Å². The minimum Gasteiger partial charge on any atom is -0.334 e. The van der Waals surface area contributed by atoms with Crippen molar-refractivity contribution in [3.05, 3.63) is 70.0 Å². The number of aromatic nitrogens is 2. The summed E-state index contributed by atoms with van der Waals surface area (Å²) < 4.78 is 44.3. The van der Waals surface area contributed by atoms with Crippen LogP contribution in [0.25, 0.3) is 23.5 Å². The number of nitrogens with zero attached hydrogens (tertiary/aromatic N) is 2. The first-order valence-electron chi connectivity index (χ1n) is 6.87. The Morgan fingerprint density at radius 2 is 1.75 bits per heavy atom. The zero-order valence-electron chi connectivity index (χ0n) is 12.1. The van der Waals surface area contributed by atoms with Gasteiger partial charge >= 0.3 is 6.18 Å². The molecule has 0 radical (unpaired) electrons.